The molecule has 2 amide bonds. The van der Waals surface area contributed by atoms with Gasteiger partial charge in [0.1, 0.15) is 29.7 Å². The Hall–Kier alpha value is -1.75. The quantitative estimate of drug-likeness (QED) is 0.748. The molecule has 4 rings (SSSR count). The second-order valence-electron chi connectivity index (χ2n) is 6.39. The van der Waals surface area contributed by atoms with Crippen LogP contribution in [0.4, 0.5) is 4.39 Å². The zero-order chi connectivity index (χ0) is 14.7. The summed E-state index contributed by atoms with van der Waals surface area (Å²) in [7, 11) is 1.58. The number of carbonyl (C=O) groups is 2. The number of likely N-dealkylation sites (tertiary alicyclic amines) is 1. The van der Waals surface area contributed by atoms with E-state index in [9.17, 15) is 14.0 Å². The molecule has 3 aliphatic rings. The third-order valence-electron chi connectivity index (χ3n) is 5.50. The molecule has 1 N–H and O–H groups in total. The molecular weight excluding hydrogens is 271 g/mol. The lowest BCUT2D eigenvalue weighted by Gasteiger charge is -2.25. The minimum atomic E-state index is -0.271. The highest BCUT2D eigenvalue weighted by Gasteiger charge is 2.65. The maximum Gasteiger partial charge on any atom is 0.239 e. The van der Waals surface area contributed by atoms with Crippen molar-refractivity contribution in [3.8, 4) is 0 Å². The van der Waals surface area contributed by atoms with Gasteiger partial charge in [0, 0.05) is 25.5 Å². The smallest absolute Gasteiger partial charge is 0.239 e. The summed E-state index contributed by atoms with van der Waals surface area (Å²) >= 11 is 0. The highest BCUT2D eigenvalue weighted by Crippen LogP contribution is 2.42. The number of halogens is 1. The maximum absolute atomic E-state index is 13.2. The van der Waals surface area contributed by atoms with Crippen LogP contribution in [0.15, 0.2) is 24.3 Å². The molecule has 5 atom stereocenters. The second-order valence-corrected chi connectivity index (χ2v) is 6.39. The summed E-state index contributed by atoms with van der Waals surface area (Å²) in [5.74, 6) is -0.823. The third-order valence-corrected chi connectivity index (χ3v) is 5.50. The second kappa shape index (κ2) is 4.37. The Morgan fingerprint density at radius 3 is 2.52 bits per heavy atom. The number of quaternary nitrogens is 1. The molecule has 0 saturated carbocycles. The van der Waals surface area contributed by atoms with Gasteiger partial charge >= 0.3 is 0 Å². The van der Waals surface area contributed by atoms with E-state index >= 15 is 0 Å². The van der Waals surface area contributed by atoms with Crippen molar-refractivity contribution in [2.75, 3.05) is 13.6 Å². The molecule has 110 valence electrons. The van der Waals surface area contributed by atoms with Crippen LogP contribution < -0.4 is 4.90 Å². The van der Waals surface area contributed by atoms with Gasteiger partial charge in [0.2, 0.25) is 11.8 Å². The maximum atomic E-state index is 13.2. The summed E-state index contributed by atoms with van der Waals surface area (Å²) in [6.07, 6.45) is 2.09. The number of amides is 2. The van der Waals surface area contributed by atoms with Crippen LogP contribution in [0.25, 0.3) is 0 Å². The van der Waals surface area contributed by atoms with Gasteiger partial charge in [0.05, 0.1) is 6.54 Å². The number of hydrogen-bond donors (Lipinski definition) is 1. The highest BCUT2D eigenvalue weighted by atomic mass is 19.1. The van der Waals surface area contributed by atoms with E-state index in [1.54, 1.807) is 19.2 Å². The fourth-order valence-electron chi connectivity index (χ4n) is 4.65. The van der Waals surface area contributed by atoms with Gasteiger partial charge in [0.15, 0.2) is 0 Å². The standard InChI is InChI=1S/C16H17FN2O2/c1-18-15(20)12-11-3-2-8-19(11)14(13(12)16(18)21)9-4-6-10(17)7-5-9/h4-7,11-14H,2-3,8H2,1H3/p+1/t11-,12+,13-,14-/m1/s1. The van der Waals surface area contributed by atoms with Gasteiger partial charge in [0.25, 0.3) is 0 Å². The first-order chi connectivity index (χ1) is 10.1. The SMILES string of the molecule is CN1C(=O)[C@@H]2[C@@H](C1=O)[C@@H](c1ccc(F)cc1)[NH+]1CCC[C@H]21. The van der Waals surface area contributed by atoms with Crippen molar-refractivity contribution in [1.29, 1.82) is 0 Å². The van der Waals surface area contributed by atoms with Crippen molar-refractivity contribution in [3.63, 3.8) is 0 Å². The van der Waals surface area contributed by atoms with Gasteiger partial charge in [-0.1, -0.05) is 12.1 Å². The number of carbonyl (C=O) groups excluding carboxylic acids is 2. The van der Waals surface area contributed by atoms with Crippen molar-refractivity contribution in [2.45, 2.75) is 24.9 Å². The molecule has 0 aromatic heterocycles. The summed E-state index contributed by atoms with van der Waals surface area (Å²) in [5.41, 5.74) is 0.974. The topological polar surface area (TPSA) is 41.8 Å². The zero-order valence-electron chi connectivity index (χ0n) is 11.9. The number of hydrogen-bond acceptors (Lipinski definition) is 2. The van der Waals surface area contributed by atoms with E-state index in [0.717, 1.165) is 24.9 Å². The van der Waals surface area contributed by atoms with Gasteiger partial charge in [-0.2, -0.15) is 0 Å². The summed E-state index contributed by atoms with van der Waals surface area (Å²) in [6, 6.07) is 6.65. The summed E-state index contributed by atoms with van der Waals surface area (Å²) in [6.45, 7) is 0.990. The van der Waals surface area contributed by atoms with Crippen LogP contribution in [-0.2, 0) is 9.59 Å². The summed E-state index contributed by atoms with van der Waals surface area (Å²) in [5, 5.41) is 0. The number of imide groups is 1. The molecule has 0 bridgehead atoms. The van der Waals surface area contributed by atoms with Crippen LogP contribution in [0.5, 0.6) is 0 Å². The lowest BCUT2D eigenvalue weighted by molar-refractivity contribution is -0.931. The molecule has 1 aromatic carbocycles. The van der Waals surface area contributed by atoms with E-state index in [1.807, 2.05) is 0 Å². The van der Waals surface area contributed by atoms with E-state index in [4.69, 9.17) is 0 Å². The Morgan fingerprint density at radius 2 is 1.81 bits per heavy atom. The van der Waals surface area contributed by atoms with Crippen LogP contribution in [0.1, 0.15) is 24.4 Å². The van der Waals surface area contributed by atoms with Crippen LogP contribution >= 0.6 is 0 Å². The van der Waals surface area contributed by atoms with Crippen molar-refractivity contribution in [1.82, 2.24) is 4.90 Å². The Bertz CT molecular complexity index is 615. The fourth-order valence-corrected chi connectivity index (χ4v) is 4.65. The lowest BCUT2D eigenvalue weighted by Crippen LogP contribution is -3.12. The number of nitrogens with one attached hydrogen (secondary N) is 1. The zero-order valence-corrected chi connectivity index (χ0v) is 11.9. The van der Waals surface area contributed by atoms with E-state index in [2.05, 4.69) is 0 Å². The number of rotatable bonds is 1. The lowest BCUT2D eigenvalue weighted by atomic mass is 9.85. The first-order valence-electron chi connectivity index (χ1n) is 7.52. The molecule has 5 heteroatoms. The highest BCUT2D eigenvalue weighted by molar-refractivity contribution is 6.05. The number of benzene rings is 1. The molecule has 3 aliphatic heterocycles. The first-order valence-corrected chi connectivity index (χ1v) is 7.52. The Kier molecular flexibility index (Phi) is 2.70. The monoisotopic (exact) mass is 289 g/mol. The van der Waals surface area contributed by atoms with Crippen molar-refractivity contribution in [2.24, 2.45) is 11.8 Å². The largest absolute Gasteiger partial charge is 0.325 e. The molecule has 1 unspecified atom stereocenters. The number of fused-ring (bicyclic) bond motifs is 3. The van der Waals surface area contributed by atoms with E-state index in [-0.39, 0.29) is 41.6 Å². The molecular formula is C16H18FN2O2+. The molecule has 0 aliphatic carbocycles. The van der Waals surface area contributed by atoms with Crippen molar-refractivity contribution >= 4 is 11.8 Å². The molecule has 4 nitrogen and oxygen atoms in total. The fraction of sp³-hybridized carbons (Fsp3) is 0.500. The molecule has 1 aromatic rings. The van der Waals surface area contributed by atoms with Crippen molar-refractivity contribution in [3.05, 3.63) is 35.6 Å². The van der Waals surface area contributed by atoms with E-state index < -0.39 is 0 Å². The Morgan fingerprint density at radius 1 is 1.14 bits per heavy atom. The van der Waals surface area contributed by atoms with Crippen LogP contribution in [-0.4, -0.2) is 36.3 Å². The van der Waals surface area contributed by atoms with E-state index in [0.29, 0.717) is 0 Å². The molecule has 3 saturated heterocycles. The van der Waals surface area contributed by atoms with Gasteiger partial charge < -0.3 is 4.90 Å². The number of nitrogens with zero attached hydrogens (tertiary/aromatic N) is 1. The van der Waals surface area contributed by atoms with Gasteiger partial charge in [-0.05, 0) is 12.1 Å². The Balaban J connectivity index is 1.80. The molecule has 3 heterocycles. The van der Waals surface area contributed by atoms with Crippen LogP contribution in [0, 0.1) is 17.7 Å². The van der Waals surface area contributed by atoms with Crippen LogP contribution in [0.2, 0.25) is 0 Å². The minimum Gasteiger partial charge on any atom is -0.325 e. The van der Waals surface area contributed by atoms with Gasteiger partial charge in [-0.25, -0.2) is 4.39 Å². The predicted molar refractivity (Wildman–Crippen MR) is 72.7 cm³/mol. The minimum absolute atomic E-state index is 0.00972. The normalized spacial score (nSPS) is 38.0. The van der Waals surface area contributed by atoms with Crippen molar-refractivity contribution < 1.29 is 18.9 Å². The molecule has 3 fully saturated rings. The average molecular weight is 289 g/mol. The summed E-state index contributed by atoms with van der Waals surface area (Å²) < 4.78 is 13.2. The predicted octanol–water partition coefficient (Wildman–Crippen LogP) is 0.159. The molecule has 21 heavy (non-hydrogen) atoms. The van der Waals surface area contributed by atoms with E-state index in [1.165, 1.54) is 21.9 Å². The Labute approximate surface area is 122 Å². The van der Waals surface area contributed by atoms with Crippen LogP contribution in [0.3, 0.4) is 0 Å². The average Bonchev–Trinajstić information content (AvgIpc) is 3.10. The molecule has 0 spiro atoms. The third kappa shape index (κ3) is 1.64. The summed E-state index contributed by atoms with van der Waals surface area (Å²) in [4.78, 5) is 27.5. The van der Waals surface area contributed by atoms with Gasteiger partial charge in [-0.3, -0.25) is 14.5 Å². The first kappa shape index (κ1) is 13.0. The molecule has 0 radical (unpaired) electrons. The van der Waals surface area contributed by atoms with Gasteiger partial charge in [-0.15, -0.1) is 0 Å².